The minimum Gasteiger partial charge on any atom is -0.338 e. The second-order valence-corrected chi connectivity index (χ2v) is 7.76. The highest BCUT2D eigenvalue weighted by Crippen LogP contribution is 2.56. The smallest absolute Gasteiger partial charge is 0.338 e. The molecule has 1 heterocycles. The Morgan fingerprint density at radius 2 is 1.87 bits per heavy atom. The predicted molar refractivity (Wildman–Crippen MR) is 84.6 cm³/mol. The molecule has 23 heavy (non-hydrogen) atoms. The van der Waals surface area contributed by atoms with Crippen molar-refractivity contribution in [1.82, 2.24) is 25.4 Å². The number of hydrogen-bond donors (Lipinski definition) is 3. The Bertz CT molecular complexity index is 608. The van der Waals surface area contributed by atoms with Gasteiger partial charge in [0.1, 0.15) is 0 Å². The van der Waals surface area contributed by atoms with E-state index < -0.39 is 0 Å². The van der Waals surface area contributed by atoms with Crippen LogP contribution < -0.4 is 11.0 Å². The van der Waals surface area contributed by atoms with E-state index in [1.54, 1.807) is 11.9 Å². The van der Waals surface area contributed by atoms with Gasteiger partial charge in [0.05, 0.1) is 6.54 Å². The van der Waals surface area contributed by atoms with Crippen molar-refractivity contribution in [2.75, 3.05) is 13.6 Å². The van der Waals surface area contributed by atoms with Crippen LogP contribution in [0.4, 0.5) is 4.79 Å². The van der Waals surface area contributed by atoms with Crippen LogP contribution >= 0.6 is 0 Å². The maximum Gasteiger partial charge on any atom is 0.340 e. The lowest BCUT2D eigenvalue weighted by Gasteiger charge is -2.54. The zero-order chi connectivity index (χ0) is 16.0. The molecule has 3 N–H and O–H groups in total. The van der Waals surface area contributed by atoms with E-state index in [9.17, 15) is 9.59 Å². The maximum absolute atomic E-state index is 12.3. The number of hydrogen-bond acceptors (Lipinski definition) is 3. The Balaban J connectivity index is 1.30. The van der Waals surface area contributed by atoms with E-state index in [0.29, 0.717) is 18.3 Å². The third-order valence-electron chi connectivity index (χ3n) is 6.19. The van der Waals surface area contributed by atoms with Crippen molar-refractivity contribution in [3.63, 3.8) is 0 Å². The molecule has 0 radical (unpaired) electrons. The van der Waals surface area contributed by atoms with Gasteiger partial charge in [-0.15, -0.1) is 0 Å². The van der Waals surface area contributed by atoms with E-state index in [1.165, 1.54) is 32.1 Å². The Labute approximate surface area is 135 Å². The summed E-state index contributed by atoms with van der Waals surface area (Å²) >= 11 is 0. The van der Waals surface area contributed by atoms with Crippen molar-refractivity contribution < 1.29 is 4.79 Å². The Morgan fingerprint density at radius 3 is 2.43 bits per heavy atom. The molecular formula is C16H25N5O2. The van der Waals surface area contributed by atoms with Gasteiger partial charge < -0.3 is 10.2 Å². The summed E-state index contributed by atoms with van der Waals surface area (Å²) in [6, 6.07) is -0.0948. The standard InChI is InChI=1S/C16H25N5O2/c1-21(8-14-18-15(22)20-19-14)16(23)17-7-13-11-3-9-2-10(5-11)6-12(13)4-9/h9-13H,2-8H2,1H3,(H,17,23)(H2,18,19,20,22). The number of carbonyl (C=O) groups excluding carboxylic acids is 1. The summed E-state index contributed by atoms with van der Waals surface area (Å²) in [5.41, 5.74) is -0.345. The van der Waals surface area contributed by atoms with Gasteiger partial charge in [0, 0.05) is 13.6 Å². The van der Waals surface area contributed by atoms with E-state index >= 15 is 0 Å². The topological polar surface area (TPSA) is 93.9 Å². The minimum atomic E-state index is -0.345. The Morgan fingerprint density at radius 1 is 1.22 bits per heavy atom. The zero-order valence-electron chi connectivity index (χ0n) is 13.5. The molecule has 0 unspecified atom stereocenters. The summed E-state index contributed by atoms with van der Waals surface area (Å²) in [6.45, 7) is 1.08. The number of rotatable bonds is 4. The molecule has 7 heteroatoms. The number of nitrogens with zero attached hydrogens (tertiary/aromatic N) is 2. The average molecular weight is 319 g/mol. The normalized spacial score (nSPS) is 34.6. The number of aromatic amines is 2. The quantitative estimate of drug-likeness (QED) is 0.781. The van der Waals surface area contributed by atoms with Gasteiger partial charge in [-0.2, -0.15) is 5.10 Å². The first kappa shape index (κ1) is 14.8. The summed E-state index contributed by atoms with van der Waals surface area (Å²) in [4.78, 5) is 27.4. The molecule has 5 rings (SSSR count). The monoisotopic (exact) mass is 319 g/mol. The zero-order valence-corrected chi connectivity index (χ0v) is 13.5. The van der Waals surface area contributed by atoms with Gasteiger partial charge in [-0.3, -0.25) is 4.98 Å². The van der Waals surface area contributed by atoms with Crippen LogP contribution in [0.15, 0.2) is 4.79 Å². The molecule has 4 fully saturated rings. The molecule has 126 valence electrons. The van der Waals surface area contributed by atoms with Crippen LogP contribution in [0.3, 0.4) is 0 Å². The van der Waals surface area contributed by atoms with E-state index in [-0.39, 0.29) is 11.7 Å². The van der Waals surface area contributed by atoms with E-state index in [1.807, 2.05) is 0 Å². The molecule has 0 spiro atoms. The number of aromatic nitrogens is 3. The molecule has 2 amide bonds. The highest BCUT2D eigenvalue weighted by atomic mass is 16.2. The van der Waals surface area contributed by atoms with Gasteiger partial charge in [-0.25, -0.2) is 14.7 Å². The lowest BCUT2D eigenvalue weighted by molar-refractivity contribution is -0.0346. The summed E-state index contributed by atoms with van der Waals surface area (Å²) in [5, 5.41) is 9.24. The number of carbonyl (C=O) groups is 1. The summed E-state index contributed by atoms with van der Waals surface area (Å²) in [7, 11) is 1.72. The number of amides is 2. The lowest BCUT2D eigenvalue weighted by Crippen LogP contribution is -2.50. The summed E-state index contributed by atoms with van der Waals surface area (Å²) in [6.07, 6.45) is 6.95. The van der Waals surface area contributed by atoms with Gasteiger partial charge in [-0.1, -0.05) is 0 Å². The number of urea groups is 1. The van der Waals surface area contributed by atoms with Gasteiger partial charge in [0.2, 0.25) is 0 Å². The molecule has 4 aliphatic carbocycles. The van der Waals surface area contributed by atoms with Crippen LogP contribution in [0.5, 0.6) is 0 Å². The van der Waals surface area contributed by atoms with Crippen molar-refractivity contribution in [2.45, 2.75) is 38.6 Å². The van der Waals surface area contributed by atoms with E-state index in [0.717, 1.165) is 30.2 Å². The predicted octanol–water partition coefficient (Wildman–Crippen LogP) is 1.31. The van der Waals surface area contributed by atoms with E-state index in [2.05, 4.69) is 20.5 Å². The van der Waals surface area contributed by atoms with Crippen molar-refractivity contribution in [2.24, 2.45) is 29.6 Å². The van der Waals surface area contributed by atoms with Gasteiger partial charge in [-0.05, 0) is 61.7 Å². The van der Waals surface area contributed by atoms with Gasteiger partial charge in [0.15, 0.2) is 5.82 Å². The molecule has 7 nitrogen and oxygen atoms in total. The molecular weight excluding hydrogens is 294 g/mol. The number of H-pyrrole nitrogens is 2. The van der Waals surface area contributed by atoms with Crippen LogP contribution in [0.2, 0.25) is 0 Å². The van der Waals surface area contributed by atoms with Crippen molar-refractivity contribution in [3.05, 3.63) is 16.3 Å². The van der Waals surface area contributed by atoms with Crippen molar-refractivity contribution in [3.8, 4) is 0 Å². The highest BCUT2D eigenvalue weighted by Gasteiger charge is 2.47. The maximum atomic E-state index is 12.3. The SMILES string of the molecule is CN(Cc1n[nH]c(=O)[nH]1)C(=O)NCC1C2CC3CC(C2)CC1C3. The van der Waals surface area contributed by atoms with Crippen molar-refractivity contribution in [1.29, 1.82) is 0 Å². The molecule has 0 aromatic carbocycles. The average Bonchev–Trinajstić information content (AvgIpc) is 2.90. The van der Waals surface area contributed by atoms with Crippen LogP contribution in [-0.4, -0.2) is 39.7 Å². The summed E-state index contributed by atoms with van der Waals surface area (Å²) < 4.78 is 0. The molecule has 0 aliphatic heterocycles. The Hall–Kier alpha value is -1.79. The third-order valence-corrected chi connectivity index (χ3v) is 6.19. The number of nitrogens with one attached hydrogen (secondary N) is 3. The molecule has 0 saturated heterocycles. The molecule has 4 bridgehead atoms. The van der Waals surface area contributed by atoms with E-state index in [4.69, 9.17) is 0 Å². The van der Waals surface area contributed by atoms with Crippen LogP contribution in [0.25, 0.3) is 0 Å². The molecule has 1 aromatic rings. The largest absolute Gasteiger partial charge is 0.340 e. The first-order valence-corrected chi connectivity index (χ1v) is 8.71. The summed E-state index contributed by atoms with van der Waals surface area (Å²) in [5.74, 6) is 4.69. The van der Waals surface area contributed by atoms with Crippen LogP contribution in [0, 0.1) is 29.6 Å². The van der Waals surface area contributed by atoms with Crippen LogP contribution in [-0.2, 0) is 6.54 Å². The molecule has 4 saturated carbocycles. The second kappa shape index (κ2) is 5.69. The molecule has 0 atom stereocenters. The van der Waals surface area contributed by atoms with Crippen LogP contribution in [0.1, 0.15) is 37.9 Å². The first-order valence-electron chi connectivity index (χ1n) is 8.71. The molecule has 1 aromatic heterocycles. The van der Waals surface area contributed by atoms with Crippen molar-refractivity contribution >= 4 is 6.03 Å². The second-order valence-electron chi connectivity index (χ2n) is 7.76. The first-order chi connectivity index (χ1) is 11.1. The lowest BCUT2D eigenvalue weighted by atomic mass is 9.52. The minimum absolute atomic E-state index is 0.0948. The fraction of sp³-hybridized carbons (Fsp3) is 0.812. The van der Waals surface area contributed by atoms with Gasteiger partial charge in [0.25, 0.3) is 0 Å². The fourth-order valence-corrected chi connectivity index (χ4v) is 5.39. The Kier molecular flexibility index (Phi) is 3.66. The highest BCUT2D eigenvalue weighted by molar-refractivity contribution is 5.73. The fourth-order valence-electron chi connectivity index (χ4n) is 5.39. The van der Waals surface area contributed by atoms with Gasteiger partial charge >= 0.3 is 11.7 Å². The third kappa shape index (κ3) is 2.88. The molecule has 4 aliphatic rings.